The molecular weight excluding hydrogens is 429 g/mol. The number of ether oxygens (including phenoxy) is 1. The van der Waals surface area contributed by atoms with E-state index < -0.39 is 32.7 Å². The molecule has 1 aliphatic heterocycles. The minimum absolute atomic E-state index is 0.0368. The van der Waals surface area contributed by atoms with Gasteiger partial charge in [-0.05, 0) is 30.5 Å². The fourth-order valence-corrected chi connectivity index (χ4v) is 4.39. The molecule has 11 heteroatoms. The monoisotopic (exact) mass is 453 g/mol. The normalized spacial score (nSPS) is 16.7. The molecule has 0 radical (unpaired) electrons. The third-order valence-corrected chi connectivity index (χ3v) is 6.66. The van der Waals surface area contributed by atoms with Crippen LogP contribution in [0.2, 0.25) is 0 Å². The van der Waals surface area contributed by atoms with E-state index in [0.717, 1.165) is 0 Å². The van der Waals surface area contributed by atoms with Crippen molar-refractivity contribution in [2.45, 2.75) is 32.9 Å². The van der Waals surface area contributed by atoms with Gasteiger partial charge in [0, 0.05) is 19.5 Å². The molecule has 2 N–H and O–H groups in total. The molecule has 31 heavy (non-hydrogen) atoms. The average molecular weight is 453 g/mol. The largest absolute Gasteiger partial charge is 0.501 e. The highest BCUT2D eigenvalue weighted by Gasteiger charge is 2.22. The van der Waals surface area contributed by atoms with Crippen molar-refractivity contribution >= 4 is 15.7 Å². The van der Waals surface area contributed by atoms with E-state index in [1.165, 1.54) is 16.7 Å². The highest BCUT2D eigenvalue weighted by Crippen LogP contribution is 2.14. The number of aromatic nitrogens is 2. The number of fused-ring (bicyclic) bond motifs is 1. The van der Waals surface area contributed by atoms with Crippen molar-refractivity contribution in [3.63, 3.8) is 0 Å². The highest BCUT2D eigenvalue weighted by atomic mass is 32.2. The van der Waals surface area contributed by atoms with Crippen LogP contribution in [0.15, 0.2) is 23.0 Å². The number of carbonyl (C=O) groups excluding carboxylic acids is 1. The number of benzene rings is 1. The van der Waals surface area contributed by atoms with Crippen molar-refractivity contribution in [1.82, 2.24) is 14.9 Å². The topological polar surface area (TPSA) is 128 Å². The van der Waals surface area contributed by atoms with Crippen LogP contribution in [0.25, 0.3) is 0 Å². The summed E-state index contributed by atoms with van der Waals surface area (Å²) in [5.41, 5.74) is -0.160. The van der Waals surface area contributed by atoms with Gasteiger partial charge in [-0.1, -0.05) is 12.1 Å². The predicted molar refractivity (Wildman–Crippen MR) is 110 cm³/mol. The molecule has 168 valence electrons. The molecule has 0 saturated heterocycles. The molecule has 0 unspecified atom stereocenters. The summed E-state index contributed by atoms with van der Waals surface area (Å²) in [6, 6.07) is 4.39. The SMILES string of the molecule is Cc1cc(CNC(=O)c2nc3n(c(=O)c2O)CCCS(=O)(=O)CCOCC3)ccc1F. The third-order valence-electron chi connectivity index (χ3n) is 4.96. The van der Waals surface area contributed by atoms with E-state index in [1.807, 2.05) is 0 Å². The zero-order chi connectivity index (χ0) is 22.6. The summed E-state index contributed by atoms with van der Waals surface area (Å²) in [7, 11) is -3.30. The lowest BCUT2D eigenvalue weighted by Gasteiger charge is -2.14. The standard InChI is InChI=1S/C20H24FN3O6S/c1-13-11-14(3-4-15(13)21)12-22-19(26)17-18(25)20(27)24-6-2-9-31(28,29)10-8-30-7-5-16(24)23-17/h3-4,11,25H,2,5-10,12H2,1H3,(H,22,26). The number of rotatable bonds is 3. The molecule has 1 aliphatic rings. The van der Waals surface area contributed by atoms with Gasteiger partial charge in [-0.25, -0.2) is 17.8 Å². The van der Waals surface area contributed by atoms with Crippen molar-refractivity contribution in [2.24, 2.45) is 0 Å². The lowest BCUT2D eigenvalue weighted by Crippen LogP contribution is -2.32. The average Bonchev–Trinajstić information content (AvgIpc) is 2.75. The van der Waals surface area contributed by atoms with Crippen LogP contribution in [0, 0.1) is 12.7 Å². The van der Waals surface area contributed by atoms with E-state index in [2.05, 4.69) is 10.3 Å². The first-order chi connectivity index (χ1) is 14.7. The molecule has 1 amide bonds. The summed E-state index contributed by atoms with van der Waals surface area (Å²) >= 11 is 0. The van der Waals surface area contributed by atoms with E-state index in [-0.39, 0.29) is 62.3 Å². The van der Waals surface area contributed by atoms with Crippen LogP contribution >= 0.6 is 0 Å². The Bertz CT molecular complexity index is 1150. The zero-order valence-electron chi connectivity index (χ0n) is 17.1. The van der Waals surface area contributed by atoms with E-state index in [0.29, 0.717) is 11.1 Å². The van der Waals surface area contributed by atoms with Crippen LogP contribution in [-0.4, -0.2) is 53.7 Å². The summed E-state index contributed by atoms with van der Waals surface area (Å²) in [5, 5.41) is 12.9. The van der Waals surface area contributed by atoms with Crippen LogP contribution < -0.4 is 10.9 Å². The number of hydrogen-bond donors (Lipinski definition) is 2. The first-order valence-corrected chi connectivity index (χ1v) is 11.6. The van der Waals surface area contributed by atoms with Crippen molar-refractivity contribution in [3.05, 3.63) is 57.0 Å². The first-order valence-electron chi connectivity index (χ1n) is 9.82. The van der Waals surface area contributed by atoms with E-state index in [1.54, 1.807) is 13.0 Å². The first kappa shape index (κ1) is 22.9. The van der Waals surface area contributed by atoms with E-state index in [9.17, 15) is 27.5 Å². The maximum atomic E-state index is 13.4. The smallest absolute Gasteiger partial charge is 0.296 e. The molecular formula is C20H24FN3O6S. The molecule has 0 saturated carbocycles. The van der Waals surface area contributed by atoms with Gasteiger partial charge in [0.2, 0.25) is 5.75 Å². The van der Waals surface area contributed by atoms with E-state index >= 15 is 0 Å². The number of nitrogens with one attached hydrogen (secondary N) is 1. The second-order valence-corrected chi connectivity index (χ2v) is 9.62. The Hall–Kier alpha value is -2.79. The molecule has 2 heterocycles. The zero-order valence-corrected chi connectivity index (χ0v) is 17.9. The number of carbonyl (C=O) groups is 1. The number of aryl methyl sites for hydroxylation is 1. The lowest BCUT2D eigenvalue weighted by atomic mass is 10.1. The van der Waals surface area contributed by atoms with Gasteiger partial charge < -0.3 is 15.2 Å². The minimum atomic E-state index is -3.30. The summed E-state index contributed by atoms with van der Waals surface area (Å²) in [6.07, 6.45) is 0.346. The van der Waals surface area contributed by atoms with Gasteiger partial charge in [0.15, 0.2) is 15.5 Å². The summed E-state index contributed by atoms with van der Waals surface area (Å²) in [6.45, 7) is 1.85. The molecule has 1 aromatic carbocycles. The number of sulfone groups is 1. The molecule has 0 aliphatic carbocycles. The Labute approximate surface area is 178 Å². The van der Waals surface area contributed by atoms with Crippen molar-refractivity contribution < 1.29 is 27.4 Å². The second-order valence-electron chi connectivity index (χ2n) is 7.32. The Morgan fingerprint density at radius 3 is 2.84 bits per heavy atom. The van der Waals surface area contributed by atoms with Crippen molar-refractivity contribution in [2.75, 3.05) is 24.7 Å². The molecule has 0 atom stereocenters. The third kappa shape index (κ3) is 5.67. The quantitative estimate of drug-likeness (QED) is 0.700. The van der Waals surface area contributed by atoms with Gasteiger partial charge in [0.05, 0.1) is 24.7 Å². The molecule has 0 bridgehead atoms. The molecule has 2 aromatic rings. The Morgan fingerprint density at radius 2 is 2.10 bits per heavy atom. The second kappa shape index (κ2) is 9.56. The molecule has 3 rings (SSSR count). The van der Waals surface area contributed by atoms with Crippen LogP contribution in [0.4, 0.5) is 4.39 Å². The van der Waals surface area contributed by atoms with E-state index in [4.69, 9.17) is 4.74 Å². The molecule has 1 aromatic heterocycles. The molecule has 0 fully saturated rings. The van der Waals surface area contributed by atoms with Crippen molar-refractivity contribution in [1.29, 1.82) is 0 Å². The van der Waals surface area contributed by atoms with Gasteiger partial charge in [0.25, 0.3) is 11.5 Å². The fraction of sp³-hybridized carbons (Fsp3) is 0.450. The molecule has 9 nitrogen and oxygen atoms in total. The number of halogens is 1. The van der Waals surface area contributed by atoms with Crippen LogP contribution in [0.5, 0.6) is 5.75 Å². The number of hydrogen-bond acceptors (Lipinski definition) is 7. The van der Waals surface area contributed by atoms with Crippen LogP contribution in [0.1, 0.15) is 33.9 Å². The maximum Gasteiger partial charge on any atom is 0.296 e. The van der Waals surface area contributed by atoms with Gasteiger partial charge >= 0.3 is 0 Å². The Morgan fingerprint density at radius 1 is 1.32 bits per heavy atom. The van der Waals surface area contributed by atoms with Gasteiger partial charge in [-0.2, -0.15) is 0 Å². The van der Waals surface area contributed by atoms with Crippen LogP contribution in [0.3, 0.4) is 0 Å². The maximum absolute atomic E-state index is 13.4. The van der Waals surface area contributed by atoms with Crippen LogP contribution in [-0.2, 0) is 34.1 Å². The minimum Gasteiger partial charge on any atom is -0.501 e. The summed E-state index contributed by atoms with van der Waals surface area (Å²) < 4.78 is 43.8. The van der Waals surface area contributed by atoms with Gasteiger partial charge in [0.1, 0.15) is 11.6 Å². The predicted octanol–water partition coefficient (Wildman–Crippen LogP) is 0.704. The number of aromatic hydroxyl groups is 1. The summed E-state index contributed by atoms with van der Waals surface area (Å²) in [5.74, 6) is -1.92. The number of nitrogens with zero attached hydrogens (tertiary/aromatic N) is 2. The van der Waals surface area contributed by atoms with Gasteiger partial charge in [-0.15, -0.1) is 0 Å². The lowest BCUT2D eigenvalue weighted by molar-refractivity contribution is 0.0941. The Balaban J connectivity index is 1.83. The molecule has 0 spiro atoms. The number of amides is 1. The highest BCUT2D eigenvalue weighted by molar-refractivity contribution is 7.91. The van der Waals surface area contributed by atoms with Crippen molar-refractivity contribution in [3.8, 4) is 5.75 Å². The van der Waals surface area contributed by atoms with Gasteiger partial charge in [-0.3, -0.25) is 14.2 Å². The summed E-state index contributed by atoms with van der Waals surface area (Å²) in [4.78, 5) is 29.4. The fourth-order valence-electron chi connectivity index (χ4n) is 3.25. The Kier molecular flexibility index (Phi) is 7.06.